The predicted molar refractivity (Wildman–Crippen MR) is 124 cm³/mol. The number of quaternary nitrogens is 1. The first-order valence-corrected chi connectivity index (χ1v) is 10.8. The number of fused-ring (bicyclic) bond motifs is 2. The molecule has 0 unspecified atom stereocenters. The molecule has 0 saturated heterocycles. The number of thiazole rings is 1. The van der Waals surface area contributed by atoms with Crippen molar-refractivity contribution < 1.29 is 14.4 Å². The number of benzene rings is 3. The molecule has 1 amide bonds. The van der Waals surface area contributed by atoms with Gasteiger partial charge in [-0.25, -0.2) is 4.98 Å². The Bertz CT molecular complexity index is 1210. The Morgan fingerprint density at radius 2 is 1.87 bits per heavy atom. The minimum atomic E-state index is -0.0243. The van der Waals surface area contributed by atoms with Crippen molar-refractivity contribution >= 4 is 43.4 Å². The molecule has 0 aliphatic carbocycles. The van der Waals surface area contributed by atoms with Gasteiger partial charge in [0.25, 0.3) is 5.91 Å². The molecule has 0 bridgehead atoms. The van der Waals surface area contributed by atoms with Crippen LogP contribution in [-0.2, 0) is 0 Å². The van der Waals surface area contributed by atoms with E-state index in [2.05, 4.69) is 21.0 Å². The molecule has 1 N–H and O–H groups in total. The Morgan fingerprint density at radius 1 is 1.10 bits per heavy atom. The number of ether oxygens (including phenoxy) is 1. The average molecular weight is 421 g/mol. The lowest BCUT2D eigenvalue weighted by Gasteiger charge is -2.21. The first-order valence-electron chi connectivity index (χ1n) is 10.0. The third kappa shape index (κ3) is 3.76. The first-order chi connectivity index (χ1) is 14.5. The number of aryl methyl sites for hydroxylation is 1. The zero-order valence-electron chi connectivity index (χ0n) is 17.7. The second-order valence-corrected chi connectivity index (χ2v) is 8.68. The van der Waals surface area contributed by atoms with Crippen molar-refractivity contribution in [1.29, 1.82) is 0 Å². The summed E-state index contributed by atoms with van der Waals surface area (Å²) < 4.78 is 6.57. The van der Waals surface area contributed by atoms with Crippen LogP contribution in [0.15, 0.2) is 54.6 Å². The Labute approximate surface area is 180 Å². The fourth-order valence-corrected chi connectivity index (χ4v) is 4.63. The summed E-state index contributed by atoms with van der Waals surface area (Å²) in [5.41, 5.74) is 2.64. The third-order valence-electron chi connectivity index (χ3n) is 5.24. The first kappa shape index (κ1) is 20.3. The van der Waals surface area contributed by atoms with Crippen molar-refractivity contribution in [1.82, 2.24) is 4.98 Å². The van der Waals surface area contributed by atoms with Crippen LogP contribution in [-0.4, -0.2) is 45.2 Å². The summed E-state index contributed by atoms with van der Waals surface area (Å²) in [6.45, 7) is 3.47. The Morgan fingerprint density at radius 3 is 2.63 bits per heavy atom. The Kier molecular flexibility index (Phi) is 5.70. The van der Waals surface area contributed by atoms with Crippen LogP contribution >= 0.6 is 11.3 Å². The number of hydrogen-bond donors (Lipinski definition) is 1. The number of anilines is 1. The number of nitrogens with one attached hydrogen (secondary N) is 1. The van der Waals surface area contributed by atoms with E-state index in [4.69, 9.17) is 9.72 Å². The normalized spacial score (nSPS) is 11.4. The van der Waals surface area contributed by atoms with E-state index in [9.17, 15) is 4.79 Å². The molecular formula is C24H26N3O2S+. The van der Waals surface area contributed by atoms with Gasteiger partial charge in [0.15, 0.2) is 5.13 Å². The van der Waals surface area contributed by atoms with Gasteiger partial charge in [-0.15, -0.1) is 0 Å². The molecule has 4 aromatic rings. The largest absolute Gasteiger partial charge is 0.494 e. The standard InChI is InChI=1S/C24H25N3O2S/c1-16-12-13-20(29-4)21-22(16)30-24(25-21)27(15-14-26(2)3)23(28)19-11-7-9-17-8-5-6-10-18(17)19/h5-13H,14-15H2,1-4H3/p+1. The van der Waals surface area contributed by atoms with E-state index in [0.29, 0.717) is 17.2 Å². The number of likely N-dealkylation sites (N-methyl/N-ethyl adjacent to an activating group) is 1. The van der Waals surface area contributed by atoms with Crippen molar-refractivity contribution in [2.24, 2.45) is 0 Å². The van der Waals surface area contributed by atoms with Crippen LogP contribution in [0.4, 0.5) is 5.13 Å². The number of methoxy groups -OCH3 is 1. The fourth-order valence-electron chi connectivity index (χ4n) is 3.56. The highest BCUT2D eigenvalue weighted by molar-refractivity contribution is 7.22. The maximum absolute atomic E-state index is 13.7. The number of nitrogens with zero attached hydrogens (tertiary/aromatic N) is 2. The van der Waals surface area contributed by atoms with E-state index >= 15 is 0 Å². The number of carbonyl (C=O) groups excluding carboxylic acids is 1. The maximum atomic E-state index is 13.7. The summed E-state index contributed by atoms with van der Waals surface area (Å²) in [4.78, 5) is 21.7. The SMILES string of the molecule is COc1ccc(C)c2sc(N(CC[NH+](C)C)C(=O)c3cccc4ccccc34)nc12. The number of hydrogen-bond acceptors (Lipinski definition) is 4. The Hall–Kier alpha value is -2.96. The Balaban J connectivity index is 1.83. The topological polar surface area (TPSA) is 46.9 Å². The summed E-state index contributed by atoms with van der Waals surface area (Å²) in [5.74, 6) is 0.706. The second-order valence-electron chi connectivity index (χ2n) is 7.70. The van der Waals surface area contributed by atoms with Gasteiger partial charge in [-0.05, 0) is 35.4 Å². The van der Waals surface area contributed by atoms with Gasteiger partial charge < -0.3 is 9.64 Å². The predicted octanol–water partition coefficient (Wildman–Crippen LogP) is 3.56. The summed E-state index contributed by atoms with van der Waals surface area (Å²) in [6, 6.07) is 17.8. The highest BCUT2D eigenvalue weighted by Gasteiger charge is 2.24. The third-order valence-corrected chi connectivity index (χ3v) is 6.46. The van der Waals surface area contributed by atoms with Gasteiger partial charge in [0.2, 0.25) is 0 Å². The monoisotopic (exact) mass is 420 g/mol. The van der Waals surface area contributed by atoms with Crippen molar-refractivity contribution in [2.45, 2.75) is 6.92 Å². The summed E-state index contributed by atoms with van der Waals surface area (Å²) in [5, 5.41) is 2.72. The van der Waals surface area contributed by atoms with Crippen LogP contribution in [0.2, 0.25) is 0 Å². The molecule has 0 fully saturated rings. The van der Waals surface area contributed by atoms with E-state index in [1.54, 1.807) is 18.4 Å². The highest BCUT2D eigenvalue weighted by atomic mass is 32.1. The van der Waals surface area contributed by atoms with Crippen LogP contribution in [0.5, 0.6) is 5.75 Å². The van der Waals surface area contributed by atoms with Crippen LogP contribution in [0.1, 0.15) is 15.9 Å². The molecule has 0 aliphatic rings. The molecule has 0 saturated carbocycles. The molecule has 6 heteroatoms. The van der Waals surface area contributed by atoms with Crippen molar-refractivity contribution in [2.75, 3.05) is 39.2 Å². The maximum Gasteiger partial charge on any atom is 0.260 e. The van der Waals surface area contributed by atoms with Gasteiger partial charge in [0, 0.05) is 5.56 Å². The van der Waals surface area contributed by atoms with Crippen molar-refractivity contribution in [3.8, 4) is 5.75 Å². The number of rotatable bonds is 6. The van der Waals surface area contributed by atoms with E-state index < -0.39 is 0 Å². The molecule has 4 rings (SSSR count). The molecular weight excluding hydrogens is 394 g/mol. The number of aromatic nitrogens is 1. The van der Waals surface area contributed by atoms with Gasteiger partial charge in [0.05, 0.1) is 39.0 Å². The van der Waals surface area contributed by atoms with Crippen LogP contribution in [0.25, 0.3) is 21.0 Å². The van der Waals surface area contributed by atoms with Crippen molar-refractivity contribution in [3.05, 3.63) is 65.7 Å². The second kappa shape index (κ2) is 8.42. The highest BCUT2D eigenvalue weighted by Crippen LogP contribution is 2.37. The van der Waals surface area contributed by atoms with Gasteiger partial charge in [0.1, 0.15) is 11.3 Å². The number of carbonyl (C=O) groups is 1. The average Bonchev–Trinajstić information content (AvgIpc) is 3.19. The summed E-state index contributed by atoms with van der Waals surface area (Å²) in [7, 11) is 5.83. The zero-order chi connectivity index (χ0) is 21.3. The van der Waals surface area contributed by atoms with Crippen LogP contribution in [0.3, 0.4) is 0 Å². The molecule has 0 aliphatic heterocycles. The lowest BCUT2D eigenvalue weighted by atomic mass is 10.0. The molecule has 154 valence electrons. The summed E-state index contributed by atoms with van der Waals surface area (Å²) >= 11 is 1.55. The van der Waals surface area contributed by atoms with Crippen LogP contribution < -0.4 is 14.5 Å². The van der Waals surface area contributed by atoms with E-state index in [0.717, 1.165) is 38.8 Å². The molecule has 1 aromatic heterocycles. The minimum absolute atomic E-state index is 0.0243. The quantitative estimate of drug-likeness (QED) is 0.519. The van der Waals surface area contributed by atoms with Gasteiger partial charge in [-0.1, -0.05) is 53.8 Å². The zero-order valence-corrected chi connectivity index (χ0v) is 18.5. The summed E-state index contributed by atoms with van der Waals surface area (Å²) in [6.07, 6.45) is 0. The lowest BCUT2D eigenvalue weighted by Crippen LogP contribution is -3.06. The van der Waals surface area contributed by atoms with E-state index in [1.165, 1.54) is 4.90 Å². The molecule has 0 radical (unpaired) electrons. The molecule has 30 heavy (non-hydrogen) atoms. The number of amides is 1. The molecule has 0 atom stereocenters. The van der Waals surface area contributed by atoms with Crippen molar-refractivity contribution in [3.63, 3.8) is 0 Å². The molecule has 3 aromatic carbocycles. The van der Waals surface area contributed by atoms with E-state index in [-0.39, 0.29) is 5.91 Å². The molecule has 5 nitrogen and oxygen atoms in total. The molecule has 0 spiro atoms. The molecule has 1 heterocycles. The van der Waals surface area contributed by atoms with Gasteiger partial charge in [-0.3, -0.25) is 9.69 Å². The van der Waals surface area contributed by atoms with Crippen LogP contribution in [0, 0.1) is 6.92 Å². The van der Waals surface area contributed by atoms with E-state index in [1.807, 2.05) is 59.5 Å². The fraction of sp³-hybridized carbons (Fsp3) is 0.250. The van der Waals surface area contributed by atoms with Gasteiger partial charge >= 0.3 is 0 Å². The smallest absolute Gasteiger partial charge is 0.260 e. The van der Waals surface area contributed by atoms with Gasteiger partial charge in [-0.2, -0.15) is 0 Å². The minimum Gasteiger partial charge on any atom is -0.494 e. The lowest BCUT2D eigenvalue weighted by molar-refractivity contribution is -0.856.